The number of aromatic hydroxyl groups is 1. The van der Waals surface area contributed by atoms with Crippen LogP contribution in [0.2, 0.25) is 0 Å². The van der Waals surface area contributed by atoms with Crippen LogP contribution in [0, 0.1) is 0 Å². The van der Waals surface area contributed by atoms with E-state index in [9.17, 15) is 5.11 Å². The van der Waals surface area contributed by atoms with Crippen LogP contribution in [0.5, 0.6) is 5.75 Å². The van der Waals surface area contributed by atoms with Crippen LogP contribution < -0.4 is 0 Å². The summed E-state index contributed by atoms with van der Waals surface area (Å²) in [5.74, 6) is 0.286. The lowest BCUT2D eigenvalue weighted by molar-refractivity contribution is 0.475. The Morgan fingerprint density at radius 1 is 0.722 bits per heavy atom. The fraction of sp³-hybridized carbons (Fsp3) is 0. The molecular weight excluding hydrogens is 222 g/mol. The summed E-state index contributed by atoms with van der Waals surface area (Å²) in [6, 6.07) is 19.5. The zero-order chi connectivity index (χ0) is 12.4. The normalized spacial score (nSPS) is 10.4. The second kappa shape index (κ2) is 4.41. The molecule has 0 amide bonds. The molecule has 3 aromatic rings. The maximum Gasteiger partial charge on any atom is 0.115 e. The molecule has 88 valence electrons. The fourth-order valence-corrected chi connectivity index (χ4v) is 2.00. The molecule has 18 heavy (non-hydrogen) atoms. The molecule has 0 unspecified atom stereocenters. The highest BCUT2D eigenvalue weighted by Crippen LogP contribution is 2.26. The molecule has 0 saturated carbocycles. The average Bonchev–Trinajstić information content (AvgIpc) is 2.90. The molecule has 0 aliphatic carbocycles. The molecule has 3 rings (SSSR count). The molecule has 2 aromatic carbocycles. The van der Waals surface area contributed by atoms with Gasteiger partial charge in [-0.05, 0) is 47.0 Å². The average molecular weight is 235 g/mol. The Hall–Kier alpha value is -2.48. The monoisotopic (exact) mass is 235 g/mol. The number of H-pyrrole nitrogens is 1. The van der Waals surface area contributed by atoms with Gasteiger partial charge < -0.3 is 10.1 Å². The van der Waals surface area contributed by atoms with E-state index in [1.54, 1.807) is 12.1 Å². The van der Waals surface area contributed by atoms with Crippen molar-refractivity contribution in [2.75, 3.05) is 0 Å². The summed E-state index contributed by atoms with van der Waals surface area (Å²) in [5.41, 5.74) is 4.47. The molecule has 0 atom stereocenters. The second-order valence-corrected chi connectivity index (χ2v) is 4.21. The van der Waals surface area contributed by atoms with Gasteiger partial charge in [-0.2, -0.15) is 0 Å². The van der Waals surface area contributed by atoms with E-state index < -0.39 is 0 Å². The summed E-state index contributed by atoms with van der Waals surface area (Å²) in [4.78, 5) is 3.26. The van der Waals surface area contributed by atoms with Gasteiger partial charge in [0.25, 0.3) is 0 Å². The molecular formula is C16H13NO. The van der Waals surface area contributed by atoms with Gasteiger partial charge in [0.2, 0.25) is 0 Å². The maximum absolute atomic E-state index is 9.28. The molecule has 0 spiro atoms. The van der Waals surface area contributed by atoms with Crippen molar-refractivity contribution in [3.8, 4) is 28.1 Å². The molecule has 1 heterocycles. The molecule has 0 radical (unpaired) electrons. The zero-order valence-corrected chi connectivity index (χ0v) is 9.80. The van der Waals surface area contributed by atoms with E-state index in [4.69, 9.17) is 0 Å². The van der Waals surface area contributed by atoms with Crippen molar-refractivity contribution >= 4 is 0 Å². The summed E-state index contributed by atoms with van der Waals surface area (Å²) < 4.78 is 0. The highest BCUT2D eigenvalue weighted by molar-refractivity contribution is 5.71. The lowest BCUT2D eigenvalue weighted by Gasteiger charge is -1.98. The first kappa shape index (κ1) is 10.7. The van der Waals surface area contributed by atoms with Gasteiger partial charge in [-0.3, -0.25) is 0 Å². The molecule has 0 saturated heterocycles. The highest BCUT2D eigenvalue weighted by atomic mass is 16.3. The van der Waals surface area contributed by atoms with E-state index in [1.165, 1.54) is 11.1 Å². The SMILES string of the molecule is Oc1ccc(-c2cc(-c3ccccc3)c[nH]2)cc1. The van der Waals surface area contributed by atoms with Crippen molar-refractivity contribution in [1.82, 2.24) is 4.98 Å². The summed E-state index contributed by atoms with van der Waals surface area (Å²) in [6.45, 7) is 0. The Bertz CT molecular complexity index is 638. The minimum absolute atomic E-state index is 0.286. The maximum atomic E-state index is 9.28. The predicted molar refractivity (Wildman–Crippen MR) is 73.3 cm³/mol. The van der Waals surface area contributed by atoms with Gasteiger partial charge in [0.1, 0.15) is 5.75 Å². The van der Waals surface area contributed by atoms with Crippen LogP contribution in [0.15, 0.2) is 66.9 Å². The molecule has 0 bridgehead atoms. The van der Waals surface area contributed by atoms with Crippen molar-refractivity contribution in [3.63, 3.8) is 0 Å². The van der Waals surface area contributed by atoms with E-state index in [-0.39, 0.29) is 5.75 Å². The summed E-state index contributed by atoms with van der Waals surface area (Å²) in [5, 5.41) is 9.28. The third-order valence-electron chi connectivity index (χ3n) is 2.97. The second-order valence-electron chi connectivity index (χ2n) is 4.21. The topological polar surface area (TPSA) is 36.0 Å². The van der Waals surface area contributed by atoms with Crippen LogP contribution >= 0.6 is 0 Å². The number of nitrogens with one attached hydrogen (secondary N) is 1. The zero-order valence-electron chi connectivity index (χ0n) is 9.80. The largest absolute Gasteiger partial charge is 0.508 e. The van der Waals surface area contributed by atoms with Crippen molar-refractivity contribution in [1.29, 1.82) is 0 Å². The molecule has 2 nitrogen and oxygen atoms in total. The highest BCUT2D eigenvalue weighted by Gasteiger charge is 2.03. The van der Waals surface area contributed by atoms with Crippen LogP contribution in [0.4, 0.5) is 0 Å². The van der Waals surface area contributed by atoms with Gasteiger partial charge in [0.15, 0.2) is 0 Å². The van der Waals surface area contributed by atoms with E-state index >= 15 is 0 Å². The Morgan fingerprint density at radius 3 is 2.17 bits per heavy atom. The predicted octanol–water partition coefficient (Wildman–Crippen LogP) is 4.05. The molecule has 2 heteroatoms. The van der Waals surface area contributed by atoms with Crippen LogP contribution in [0.25, 0.3) is 22.4 Å². The first-order valence-corrected chi connectivity index (χ1v) is 5.86. The van der Waals surface area contributed by atoms with Crippen LogP contribution in [0.1, 0.15) is 0 Å². The molecule has 0 aliphatic heterocycles. The van der Waals surface area contributed by atoms with E-state index in [0.717, 1.165) is 11.3 Å². The number of phenolic OH excluding ortho intramolecular Hbond substituents is 1. The number of rotatable bonds is 2. The van der Waals surface area contributed by atoms with Gasteiger partial charge in [0, 0.05) is 11.9 Å². The van der Waals surface area contributed by atoms with Gasteiger partial charge in [-0.25, -0.2) is 0 Å². The van der Waals surface area contributed by atoms with Crippen LogP contribution in [-0.4, -0.2) is 10.1 Å². The Kier molecular flexibility index (Phi) is 2.61. The van der Waals surface area contributed by atoms with Crippen molar-refractivity contribution in [3.05, 3.63) is 66.9 Å². The van der Waals surface area contributed by atoms with Crippen molar-refractivity contribution in [2.45, 2.75) is 0 Å². The summed E-state index contributed by atoms with van der Waals surface area (Å²) >= 11 is 0. The first-order chi connectivity index (χ1) is 8.83. The standard InChI is InChI=1S/C16H13NO/c18-15-8-6-13(7-9-15)16-10-14(11-17-16)12-4-2-1-3-5-12/h1-11,17-18H. The number of hydrogen-bond donors (Lipinski definition) is 2. The van der Waals surface area contributed by atoms with Crippen molar-refractivity contribution < 1.29 is 5.11 Å². The number of aromatic amines is 1. The quantitative estimate of drug-likeness (QED) is 0.690. The number of phenols is 1. The van der Waals surface area contributed by atoms with Gasteiger partial charge in [-0.15, -0.1) is 0 Å². The smallest absolute Gasteiger partial charge is 0.115 e. The first-order valence-electron chi connectivity index (χ1n) is 5.86. The van der Waals surface area contributed by atoms with E-state index in [2.05, 4.69) is 23.2 Å². The molecule has 2 N–H and O–H groups in total. The molecule has 1 aromatic heterocycles. The molecule has 0 fully saturated rings. The minimum Gasteiger partial charge on any atom is -0.508 e. The third kappa shape index (κ3) is 2.00. The van der Waals surface area contributed by atoms with Crippen molar-refractivity contribution in [2.24, 2.45) is 0 Å². The minimum atomic E-state index is 0.286. The van der Waals surface area contributed by atoms with Crippen LogP contribution in [-0.2, 0) is 0 Å². The summed E-state index contributed by atoms with van der Waals surface area (Å²) in [7, 11) is 0. The lowest BCUT2D eigenvalue weighted by atomic mass is 10.1. The summed E-state index contributed by atoms with van der Waals surface area (Å²) in [6.07, 6.45) is 2.00. The number of hydrogen-bond acceptors (Lipinski definition) is 1. The number of aromatic nitrogens is 1. The van der Waals surface area contributed by atoms with E-state index in [1.807, 2.05) is 36.5 Å². The van der Waals surface area contributed by atoms with Gasteiger partial charge in [0.05, 0.1) is 0 Å². The van der Waals surface area contributed by atoms with Gasteiger partial charge in [-0.1, -0.05) is 30.3 Å². The molecule has 0 aliphatic rings. The number of benzene rings is 2. The van der Waals surface area contributed by atoms with Crippen LogP contribution in [0.3, 0.4) is 0 Å². The Labute approximate surface area is 106 Å². The third-order valence-corrected chi connectivity index (χ3v) is 2.97. The fourth-order valence-electron chi connectivity index (χ4n) is 2.00. The Balaban J connectivity index is 1.97. The van der Waals surface area contributed by atoms with Gasteiger partial charge >= 0.3 is 0 Å². The Morgan fingerprint density at radius 2 is 1.44 bits per heavy atom. The lowest BCUT2D eigenvalue weighted by Crippen LogP contribution is -1.75. The van der Waals surface area contributed by atoms with E-state index in [0.29, 0.717) is 0 Å².